The Morgan fingerprint density at radius 1 is 1.48 bits per heavy atom. The molecular formula is C16H23NO4. The second kappa shape index (κ2) is 7.43. The fourth-order valence-electron chi connectivity index (χ4n) is 2.57. The molecule has 0 fully saturated rings. The Bertz CT molecular complexity index is 489. The normalized spacial score (nSPS) is 15.0. The largest absolute Gasteiger partial charge is 0.478 e. The van der Waals surface area contributed by atoms with Gasteiger partial charge < -0.3 is 19.8 Å². The van der Waals surface area contributed by atoms with Gasteiger partial charge in [0.1, 0.15) is 0 Å². The number of ether oxygens (including phenoxy) is 1. The predicted molar refractivity (Wildman–Crippen MR) is 81.1 cm³/mol. The van der Waals surface area contributed by atoms with Crippen LogP contribution in [-0.2, 0) is 11.2 Å². The third kappa shape index (κ3) is 4.19. The summed E-state index contributed by atoms with van der Waals surface area (Å²) in [5, 5.41) is 19.0. The number of β-amino-alcohol motifs (C(OH)–C–C–N with tert-alkyl or cyclic N) is 1. The first-order valence-electron chi connectivity index (χ1n) is 7.48. The Morgan fingerprint density at radius 2 is 2.29 bits per heavy atom. The number of carboxylic acids is 1. The van der Waals surface area contributed by atoms with E-state index < -0.39 is 12.1 Å². The number of fused-ring (bicyclic) bond motifs is 1. The van der Waals surface area contributed by atoms with Crippen molar-refractivity contribution in [3.63, 3.8) is 0 Å². The van der Waals surface area contributed by atoms with Crippen LogP contribution in [-0.4, -0.2) is 48.6 Å². The van der Waals surface area contributed by atoms with E-state index in [9.17, 15) is 9.90 Å². The maximum Gasteiger partial charge on any atom is 0.335 e. The third-order valence-electron chi connectivity index (χ3n) is 3.70. The van der Waals surface area contributed by atoms with E-state index in [1.807, 2.05) is 6.07 Å². The number of nitrogens with zero attached hydrogens (tertiary/aromatic N) is 1. The fraction of sp³-hybridized carbons (Fsp3) is 0.562. The summed E-state index contributed by atoms with van der Waals surface area (Å²) in [6.45, 7) is 4.47. The number of benzene rings is 1. The van der Waals surface area contributed by atoms with E-state index in [0.29, 0.717) is 25.3 Å². The molecule has 0 saturated heterocycles. The molecular weight excluding hydrogens is 270 g/mol. The van der Waals surface area contributed by atoms with Gasteiger partial charge in [0, 0.05) is 25.4 Å². The summed E-state index contributed by atoms with van der Waals surface area (Å²) >= 11 is 0. The SMILES string of the molecule is CCCCOCC(O)CN1CCc2cc(C(=O)O)ccc21. The molecule has 1 atom stereocenters. The summed E-state index contributed by atoms with van der Waals surface area (Å²) in [5.41, 5.74) is 2.38. The topological polar surface area (TPSA) is 70.0 Å². The van der Waals surface area contributed by atoms with Crippen molar-refractivity contribution in [2.24, 2.45) is 0 Å². The molecule has 0 bridgehead atoms. The van der Waals surface area contributed by atoms with Crippen molar-refractivity contribution in [1.82, 2.24) is 0 Å². The molecule has 5 heteroatoms. The molecule has 1 unspecified atom stereocenters. The standard InChI is InChI=1S/C16H23NO4/c1-2-3-8-21-11-14(18)10-17-7-6-12-9-13(16(19)20)4-5-15(12)17/h4-5,9,14,18H,2-3,6-8,10-11H2,1H3,(H,19,20). The zero-order valence-electron chi connectivity index (χ0n) is 12.4. The first-order chi connectivity index (χ1) is 10.1. The van der Waals surface area contributed by atoms with Gasteiger partial charge in [0.05, 0.1) is 18.3 Å². The maximum atomic E-state index is 11.0. The number of carboxylic acid groups (broad SMARTS) is 1. The summed E-state index contributed by atoms with van der Waals surface area (Å²) in [4.78, 5) is 13.1. The lowest BCUT2D eigenvalue weighted by Crippen LogP contribution is -2.33. The molecule has 1 aliphatic rings. The van der Waals surface area contributed by atoms with Crippen molar-refractivity contribution >= 4 is 11.7 Å². The highest BCUT2D eigenvalue weighted by Gasteiger charge is 2.22. The molecule has 0 spiro atoms. The van der Waals surface area contributed by atoms with E-state index in [2.05, 4.69) is 11.8 Å². The van der Waals surface area contributed by atoms with Crippen LogP contribution < -0.4 is 4.90 Å². The van der Waals surface area contributed by atoms with Crippen LogP contribution in [0.5, 0.6) is 0 Å². The summed E-state index contributed by atoms with van der Waals surface area (Å²) in [6, 6.07) is 5.17. The molecule has 2 rings (SSSR count). The van der Waals surface area contributed by atoms with Crippen LogP contribution in [0.3, 0.4) is 0 Å². The number of aromatic carboxylic acids is 1. The van der Waals surface area contributed by atoms with Crippen LogP contribution in [0.15, 0.2) is 18.2 Å². The van der Waals surface area contributed by atoms with E-state index in [0.717, 1.165) is 37.1 Å². The first kappa shape index (κ1) is 15.8. The highest BCUT2D eigenvalue weighted by atomic mass is 16.5. The summed E-state index contributed by atoms with van der Waals surface area (Å²) < 4.78 is 5.43. The lowest BCUT2D eigenvalue weighted by molar-refractivity contribution is 0.0393. The zero-order chi connectivity index (χ0) is 15.2. The highest BCUT2D eigenvalue weighted by Crippen LogP contribution is 2.28. The predicted octanol–water partition coefficient (Wildman–Crippen LogP) is 1.92. The van der Waals surface area contributed by atoms with Gasteiger partial charge in [-0.1, -0.05) is 13.3 Å². The minimum Gasteiger partial charge on any atom is -0.478 e. The number of aliphatic hydroxyl groups is 1. The number of rotatable bonds is 8. The number of anilines is 1. The Morgan fingerprint density at radius 3 is 3.00 bits per heavy atom. The van der Waals surface area contributed by atoms with Crippen molar-refractivity contribution < 1.29 is 19.7 Å². The van der Waals surface area contributed by atoms with Gasteiger partial charge in [0.25, 0.3) is 0 Å². The molecule has 116 valence electrons. The smallest absolute Gasteiger partial charge is 0.335 e. The van der Waals surface area contributed by atoms with Gasteiger partial charge in [0.15, 0.2) is 0 Å². The highest BCUT2D eigenvalue weighted by molar-refractivity contribution is 5.88. The van der Waals surface area contributed by atoms with Crippen molar-refractivity contribution in [3.8, 4) is 0 Å². The fourth-order valence-corrected chi connectivity index (χ4v) is 2.57. The van der Waals surface area contributed by atoms with E-state index in [1.54, 1.807) is 12.1 Å². The van der Waals surface area contributed by atoms with Crippen molar-refractivity contribution in [2.75, 3.05) is 31.2 Å². The molecule has 1 heterocycles. The molecule has 5 nitrogen and oxygen atoms in total. The van der Waals surface area contributed by atoms with Crippen LogP contribution in [0.2, 0.25) is 0 Å². The zero-order valence-corrected chi connectivity index (χ0v) is 12.4. The lowest BCUT2D eigenvalue weighted by atomic mass is 10.1. The molecule has 21 heavy (non-hydrogen) atoms. The minimum atomic E-state index is -0.902. The molecule has 0 aromatic heterocycles. The van der Waals surface area contributed by atoms with Crippen LogP contribution in [0.25, 0.3) is 0 Å². The average Bonchev–Trinajstić information content (AvgIpc) is 2.86. The molecule has 0 radical (unpaired) electrons. The number of unbranched alkanes of at least 4 members (excludes halogenated alkanes) is 1. The number of carbonyl (C=O) groups is 1. The third-order valence-corrected chi connectivity index (χ3v) is 3.70. The van der Waals surface area contributed by atoms with Gasteiger partial charge in [-0.15, -0.1) is 0 Å². The van der Waals surface area contributed by atoms with Gasteiger partial charge in [-0.2, -0.15) is 0 Å². The van der Waals surface area contributed by atoms with E-state index in [-0.39, 0.29) is 0 Å². The van der Waals surface area contributed by atoms with Crippen LogP contribution in [0.4, 0.5) is 5.69 Å². The number of hydrogen-bond acceptors (Lipinski definition) is 4. The average molecular weight is 293 g/mol. The summed E-state index contributed by atoms with van der Waals surface area (Å²) in [5.74, 6) is -0.902. The second-order valence-corrected chi connectivity index (χ2v) is 5.43. The van der Waals surface area contributed by atoms with Crippen LogP contribution in [0, 0.1) is 0 Å². The van der Waals surface area contributed by atoms with Crippen molar-refractivity contribution in [2.45, 2.75) is 32.3 Å². The monoisotopic (exact) mass is 293 g/mol. The van der Waals surface area contributed by atoms with E-state index in [1.165, 1.54) is 0 Å². The lowest BCUT2D eigenvalue weighted by Gasteiger charge is -2.23. The van der Waals surface area contributed by atoms with E-state index >= 15 is 0 Å². The van der Waals surface area contributed by atoms with Gasteiger partial charge in [0.2, 0.25) is 0 Å². The van der Waals surface area contributed by atoms with Crippen LogP contribution >= 0.6 is 0 Å². The second-order valence-electron chi connectivity index (χ2n) is 5.43. The van der Waals surface area contributed by atoms with E-state index in [4.69, 9.17) is 9.84 Å². The summed E-state index contributed by atoms with van der Waals surface area (Å²) in [6.07, 6.45) is 2.39. The first-order valence-corrected chi connectivity index (χ1v) is 7.48. The van der Waals surface area contributed by atoms with Crippen molar-refractivity contribution in [3.05, 3.63) is 29.3 Å². The molecule has 0 saturated carbocycles. The van der Waals surface area contributed by atoms with Gasteiger partial charge >= 0.3 is 5.97 Å². The minimum absolute atomic E-state index is 0.319. The van der Waals surface area contributed by atoms with Gasteiger partial charge in [-0.3, -0.25) is 0 Å². The number of hydrogen-bond donors (Lipinski definition) is 2. The number of aliphatic hydroxyl groups excluding tert-OH is 1. The Hall–Kier alpha value is -1.59. The summed E-state index contributed by atoms with van der Waals surface area (Å²) in [7, 11) is 0. The molecule has 0 amide bonds. The maximum absolute atomic E-state index is 11.0. The molecule has 2 N–H and O–H groups in total. The van der Waals surface area contributed by atoms with Gasteiger partial charge in [-0.25, -0.2) is 4.79 Å². The quantitative estimate of drug-likeness (QED) is 0.717. The van der Waals surface area contributed by atoms with Crippen molar-refractivity contribution in [1.29, 1.82) is 0 Å². The van der Waals surface area contributed by atoms with Crippen LogP contribution in [0.1, 0.15) is 35.7 Å². The molecule has 1 aromatic carbocycles. The Kier molecular flexibility index (Phi) is 5.59. The Labute approximate surface area is 125 Å². The molecule has 1 aliphatic heterocycles. The molecule has 1 aromatic rings. The Balaban J connectivity index is 1.89. The molecule has 0 aliphatic carbocycles. The van der Waals surface area contributed by atoms with Gasteiger partial charge in [-0.05, 0) is 36.6 Å².